The lowest BCUT2D eigenvalue weighted by Crippen LogP contribution is -2.61. The molecule has 2 aromatic carbocycles. The summed E-state index contributed by atoms with van der Waals surface area (Å²) in [6.07, 6.45) is 2.43. The Kier molecular flexibility index (Phi) is 11.9. The number of hydrazine groups is 1. The molecule has 5 heterocycles. The second kappa shape index (κ2) is 17.0. The van der Waals surface area contributed by atoms with Crippen molar-refractivity contribution in [3.8, 4) is 11.3 Å². The van der Waals surface area contributed by atoms with E-state index >= 15 is 0 Å². The molecule has 6 bridgehead atoms. The van der Waals surface area contributed by atoms with Crippen molar-refractivity contribution >= 4 is 34.6 Å². The van der Waals surface area contributed by atoms with E-state index in [1.807, 2.05) is 43.3 Å². The first-order valence-corrected chi connectivity index (χ1v) is 19.8. The number of ether oxygens (including phenoxy) is 4. The van der Waals surface area contributed by atoms with Crippen LogP contribution in [0.25, 0.3) is 22.2 Å². The number of rotatable bonds is 7. The van der Waals surface area contributed by atoms with Crippen LogP contribution in [-0.2, 0) is 48.1 Å². The van der Waals surface area contributed by atoms with Crippen molar-refractivity contribution < 1.29 is 33.3 Å². The lowest BCUT2D eigenvalue weighted by atomic mass is 9.84. The first-order valence-electron chi connectivity index (χ1n) is 19.8. The number of hydrogen-bond donors (Lipinski definition) is 2. The van der Waals surface area contributed by atoms with Gasteiger partial charge in [0.05, 0.1) is 36.8 Å². The molecule has 2 fully saturated rings. The number of fused-ring (bicyclic) bond motifs is 6. The number of carbonyl (C=O) groups is 3. The standard InChI is InChI=1S/C43H54N6O7/c1-6-48-37-17-16-30-22-33(37)34(39(48)32-14-10-18-44-38(32)28(2)53-5)24-43(3,4)27-56-41(51)35-15-11-19-49(46-35)40(50)36(23-31-25-47(30)20-21-54-31)45-42(52)55-26-29-12-8-7-9-13-29/h7-10,12-14,16-18,22,28,31,35-36,46H,6,11,15,19-21,23-27H2,1-5H3,(H,45,52)/t28-,31-,35-,36?/m0/s1. The molecule has 2 saturated heterocycles. The van der Waals surface area contributed by atoms with Crippen molar-refractivity contribution in [2.24, 2.45) is 5.41 Å². The number of cyclic esters (lactones) is 1. The summed E-state index contributed by atoms with van der Waals surface area (Å²) in [4.78, 5) is 48.2. The first-order chi connectivity index (χ1) is 27.0. The number of benzene rings is 2. The summed E-state index contributed by atoms with van der Waals surface area (Å²) in [5.74, 6) is -0.782. The summed E-state index contributed by atoms with van der Waals surface area (Å²) in [5.41, 5.74) is 9.74. The van der Waals surface area contributed by atoms with Gasteiger partial charge in [0.1, 0.15) is 18.7 Å². The van der Waals surface area contributed by atoms with E-state index in [-0.39, 0.29) is 37.7 Å². The van der Waals surface area contributed by atoms with Gasteiger partial charge in [-0.25, -0.2) is 10.2 Å². The van der Waals surface area contributed by atoms with E-state index < -0.39 is 29.6 Å². The average Bonchev–Trinajstić information content (AvgIpc) is 3.52. The molecule has 56 heavy (non-hydrogen) atoms. The summed E-state index contributed by atoms with van der Waals surface area (Å²) in [7, 11) is 1.70. The Morgan fingerprint density at radius 2 is 1.93 bits per heavy atom. The summed E-state index contributed by atoms with van der Waals surface area (Å²) in [6.45, 7) is 11.4. The van der Waals surface area contributed by atoms with Gasteiger partial charge < -0.3 is 33.7 Å². The molecule has 2 aromatic heterocycles. The van der Waals surface area contributed by atoms with Crippen LogP contribution in [0, 0.1) is 5.41 Å². The topological polar surface area (TPSA) is 136 Å². The van der Waals surface area contributed by atoms with Crippen molar-refractivity contribution in [2.45, 2.75) is 90.8 Å². The maximum absolute atomic E-state index is 14.2. The Morgan fingerprint density at radius 3 is 2.71 bits per heavy atom. The van der Waals surface area contributed by atoms with Gasteiger partial charge in [-0.15, -0.1) is 0 Å². The van der Waals surface area contributed by atoms with Crippen LogP contribution < -0.4 is 15.6 Å². The quantitative estimate of drug-likeness (QED) is 0.218. The maximum atomic E-state index is 14.2. The van der Waals surface area contributed by atoms with Gasteiger partial charge in [-0.3, -0.25) is 19.6 Å². The fourth-order valence-corrected chi connectivity index (χ4v) is 8.17. The van der Waals surface area contributed by atoms with Crippen LogP contribution in [0.15, 0.2) is 66.9 Å². The fraction of sp³-hybridized carbons (Fsp3) is 0.488. The number of esters is 1. The van der Waals surface area contributed by atoms with Crippen molar-refractivity contribution in [1.82, 2.24) is 25.3 Å². The lowest BCUT2D eigenvalue weighted by molar-refractivity contribution is -0.155. The summed E-state index contributed by atoms with van der Waals surface area (Å²) >= 11 is 0. The number of nitrogens with one attached hydrogen (secondary N) is 2. The van der Waals surface area contributed by atoms with Gasteiger partial charge in [-0.05, 0) is 74.6 Å². The number of morpholine rings is 1. The molecule has 2 amide bonds. The molecule has 0 spiro atoms. The highest BCUT2D eigenvalue weighted by molar-refractivity contribution is 5.95. The number of nitrogens with zero attached hydrogens (tertiary/aromatic N) is 4. The SMILES string of the molecule is CCn1c(-c2cccnc2[C@H](C)OC)c2c3cc(ccc31)N1CCO[C@@H](CC(NC(=O)OCc3ccccc3)C(=O)N3CCC[C@H](N3)C(=O)OCC(C)(C)C2)C1. The minimum absolute atomic E-state index is 0.0625. The van der Waals surface area contributed by atoms with Crippen LogP contribution in [0.2, 0.25) is 0 Å². The van der Waals surface area contributed by atoms with Gasteiger partial charge >= 0.3 is 12.1 Å². The zero-order chi connectivity index (χ0) is 39.4. The zero-order valence-electron chi connectivity index (χ0n) is 33.1. The summed E-state index contributed by atoms with van der Waals surface area (Å²) in [6, 6.07) is 18.4. The zero-order valence-corrected chi connectivity index (χ0v) is 33.1. The van der Waals surface area contributed by atoms with Crippen molar-refractivity contribution in [3.63, 3.8) is 0 Å². The molecule has 3 aliphatic heterocycles. The van der Waals surface area contributed by atoms with Gasteiger partial charge in [0.25, 0.3) is 5.91 Å². The Labute approximate surface area is 328 Å². The highest BCUT2D eigenvalue weighted by Gasteiger charge is 2.37. The number of carbonyl (C=O) groups excluding carboxylic acids is 3. The molecule has 1 unspecified atom stereocenters. The Morgan fingerprint density at radius 1 is 1.11 bits per heavy atom. The number of aryl methyl sites for hydroxylation is 1. The van der Waals surface area contributed by atoms with Crippen molar-refractivity contribution in [3.05, 3.63) is 83.7 Å². The number of aromatic nitrogens is 2. The van der Waals surface area contributed by atoms with Crippen LogP contribution in [0.1, 0.15) is 69.9 Å². The number of pyridine rings is 1. The predicted molar refractivity (Wildman–Crippen MR) is 213 cm³/mol. The van der Waals surface area contributed by atoms with Crippen LogP contribution in [-0.4, -0.2) is 90.7 Å². The fourth-order valence-electron chi connectivity index (χ4n) is 8.17. The summed E-state index contributed by atoms with van der Waals surface area (Å²) < 4.78 is 26.0. The molecular formula is C43H54N6O7. The van der Waals surface area contributed by atoms with E-state index in [0.29, 0.717) is 45.5 Å². The largest absolute Gasteiger partial charge is 0.464 e. The van der Waals surface area contributed by atoms with E-state index in [1.54, 1.807) is 13.3 Å². The second-order valence-corrected chi connectivity index (χ2v) is 15.8. The highest BCUT2D eigenvalue weighted by atomic mass is 16.5. The summed E-state index contributed by atoms with van der Waals surface area (Å²) in [5, 5.41) is 5.39. The molecular weight excluding hydrogens is 713 g/mol. The van der Waals surface area contributed by atoms with E-state index in [2.05, 4.69) is 65.2 Å². The lowest BCUT2D eigenvalue weighted by Gasteiger charge is -2.38. The number of methoxy groups -OCH3 is 1. The molecule has 0 aliphatic carbocycles. The molecule has 2 N–H and O–H groups in total. The van der Waals surface area contributed by atoms with Crippen LogP contribution in [0.4, 0.5) is 10.5 Å². The molecule has 13 nitrogen and oxygen atoms in total. The normalized spacial score (nSPS) is 22.3. The minimum atomic E-state index is -0.971. The molecule has 13 heteroatoms. The third kappa shape index (κ3) is 8.54. The molecule has 3 aliphatic rings. The molecule has 4 atom stereocenters. The number of anilines is 1. The van der Waals surface area contributed by atoms with E-state index in [9.17, 15) is 14.4 Å². The van der Waals surface area contributed by atoms with Crippen LogP contribution in [0.3, 0.4) is 0 Å². The van der Waals surface area contributed by atoms with Crippen molar-refractivity contribution in [1.29, 1.82) is 0 Å². The van der Waals surface area contributed by atoms with E-state index in [1.165, 1.54) is 5.01 Å². The average molecular weight is 767 g/mol. The van der Waals surface area contributed by atoms with Crippen LogP contribution in [0.5, 0.6) is 0 Å². The first kappa shape index (κ1) is 39.3. The molecule has 4 aromatic rings. The highest BCUT2D eigenvalue weighted by Crippen LogP contribution is 2.42. The van der Waals surface area contributed by atoms with Gasteiger partial charge in [0.2, 0.25) is 0 Å². The number of amides is 2. The molecule has 0 radical (unpaired) electrons. The maximum Gasteiger partial charge on any atom is 0.408 e. The van der Waals surface area contributed by atoms with Gasteiger partial charge in [-0.1, -0.05) is 44.2 Å². The monoisotopic (exact) mass is 766 g/mol. The Bertz CT molecular complexity index is 2030. The molecule has 0 saturated carbocycles. The van der Waals surface area contributed by atoms with E-state index in [4.69, 9.17) is 23.9 Å². The van der Waals surface area contributed by atoms with Crippen LogP contribution >= 0.6 is 0 Å². The third-order valence-electron chi connectivity index (χ3n) is 11.1. The Balaban J connectivity index is 1.27. The smallest absolute Gasteiger partial charge is 0.408 e. The van der Waals surface area contributed by atoms with E-state index in [0.717, 1.165) is 51.2 Å². The van der Waals surface area contributed by atoms with Gasteiger partial charge in [0.15, 0.2) is 0 Å². The Hall–Kier alpha value is -4.98. The van der Waals surface area contributed by atoms with Gasteiger partial charge in [-0.2, -0.15) is 0 Å². The molecule has 7 rings (SSSR count). The number of alkyl carbamates (subject to hydrolysis) is 1. The second-order valence-electron chi connectivity index (χ2n) is 15.8. The predicted octanol–water partition coefficient (Wildman–Crippen LogP) is 5.94. The number of hydrogen-bond acceptors (Lipinski definition) is 10. The van der Waals surface area contributed by atoms with Crippen molar-refractivity contribution in [2.75, 3.05) is 44.9 Å². The minimum Gasteiger partial charge on any atom is -0.464 e. The third-order valence-corrected chi connectivity index (χ3v) is 11.1. The molecule has 298 valence electrons. The van der Waals surface area contributed by atoms with Gasteiger partial charge in [0, 0.05) is 73.5 Å².